The van der Waals surface area contributed by atoms with E-state index in [-0.39, 0.29) is 0 Å². The molecule has 3 N–H and O–H groups in total. The summed E-state index contributed by atoms with van der Waals surface area (Å²) in [5.74, 6) is 8.67. The zero-order valence-corrected chi connectivity index (χ0v) is 19.0. The number of anilines is 2. The van der Waals surface area contributed by atoms with E-state index < -0.39 is 0 Å². The molecule has 2 aromatic heterocycles. The van der Waals surface area contributed by atoms with Crippen LogP contribution in [0.3, 0.4) is 0 Å². The molecule has 10 heteroatoms. The smallest absolute Gasteiger partial charge is 0.210 e. The van der Waals surface area contributed by atoms with Crippen LogP contribution in [0.25, 0.3) is 11.4 Å². The van der Waals surface area contributed by atoms with Crippen LogP contribution in [0.2, 0.25) is 0 Å². The summed E-state index contributed by atoms with van der Waals surface area (Å²) in [6.07, 6.45) is 0. The molecule has 0 amide bonds. The molecule has 4 aromatic rings. The molecule has 0 aliphatic heterocycles. The number of aryl methyl sites for hydroxylation is 1. The Balaban J connectivity index is 1.43. The molecule has 0 aliphatic rings. The normalized spacial score (nSPS) is 10.8. The number of thioether (sulfide) groups is 1. The number of methoxy groups -OCH3 is 2. The highest BCUT2D eigenvalue weighted by atomic mass is 32.2. The van der Waals surface area contributed by atoms with Gasteiger partial charge in [-0.05, 0) is 37.3 Å². The van der Waals surface area contributed by atoms with Gasteiger partial charge in [0.1, 0.15) is 0 Å². The first-order valence-electron chi connectivity index (χ1n) is 9.41. The first kappa shape index (κ1) is 21.0. The Morgan fingerprint density at radius 1 is 1.06 bits per heavy atom. The number of hydrogen-bond acceptors (Lipinski definition) is 9. The fourth-order valence-electron chi connectivity index (χ4n) is 2.88. The van der Waals surface area contributed by atoms with Crippen molar-refractivity contribution in [1.82, 2.24) is 19.9 Å². The van der Waals surface area contributed by atoms with Crippen molar-refractivity contribution < 1.29 is 9.47 Å². The van der Waals surface area contributed by atoms with Crippen LogP contribution in [-0.4, -0.2) is 34.1 Å². The van der Waals surface area contributed by atoms with Crippen LogP contribution in [0.4, 0.5) is 10.8 Å². The predicted molar refractivity (Wildman–Crippen MR) is 125 cm³/mol. The van der Waals surface area contributed by atoms with E-state index in [1.807, 2.05) is 35.7 Å². The van der Waals surface area contributed by atoms with Crippen molar-refractivity contribution in [3.8, 4) is 22.9 Å². The number of aromatic nitrogens is 4. The quantitative estimate of drug-likeness (QED) is 0.297. The average Bonchev–Trinajstić information content (AvgIpc) is 3.39. The number of thiazole rings is 1. The minimum Gasteiger partial charge on any atom is -0.493 e. The molecule has 0 aliphatic carbocycles. The summed E-state index contributed by atoms with van der Waals surface area (Å²) in [7, 11) is 3.18. The van der Waals surface area contributed by atoms with Gasteiger partial charge in [-0.15, -0.1) is 21.5 Å². The topological polar surface area (TPSA) is 100 Å². The minimum absolute atomic E-state index is 0.545. The number of benzene rings is 2. The molecule has 0 unspecified atom stereocenters. The Morgan fingerprint density at radius 2 is 1.84 bits per heavy atom. The number of ether oxygens (including phenoxy) is 2. The van der Waals surface area contributed by atoms with Crippen molar-refractivity contribution in [3.63, 3.8) is 0 Å². The van der Waals surface area contributed by atoms with E-state index in [1.165, 1.54) is 22.0 Å². The minimum atomic E-state index is 0.545. The van der Waals surface area contributed by atoms with Crippen LogP contribution >= 0.6 is 23.1 Å². The number of hydrogen-bond donors (Lipinski definition) is 2. The van der Waals surface area contributed by atoms with Crippen molar-refractivity contribution in [2.75, 3.05) is 25.4 Å². The molecule has 4 rings (SSSR count). The van der Waals surface area contributed by atoms with E-state index in [9.17, 15) is 0 Å². The summed E-state index contributed by atoms with van der Waals surface area (Å²) in [5, 5.41) is 15.3. The van der Waals surface area contributed by atoms with Gasteiger partial charge in [-0.3, -0.25) is 0 Å². The Labute approximate surface area is 188 Å². The molecule has 0 atom stereocenters. The molecular formula is C21H22N6O2S2. The van der Waals surface area contributed by atoms with Gasteiger partial charge in [-0.25, -0.2) is 9.66 Å². The Hall–Kier alpha value is -3.24. The third kappa shape index (κ3) is 4.75. The zero-order chi connectivity index (χ0) is 21.8. The second kappa shape index (κ2) is 9.27. The van der Waals surface area contributed by atoms with Gasteiger partial charge in [0.25, 0.3) is 0 Å². The van der Waals surface area contributed by atoms with Gasteiger partial charge >= 0.3 is 0 Å². The summed E-state index contributed by atoms with van der Waals surface area (Å²) >= 11 is 3.04. The fraction of sp³-hybridized carbons (Fsp3) is 0.190. The summed E-state index contributed by atoms with van der Waals surface area (Å²) < 4.78 is 12.1. The number of nitrogens with zero attached hydrogens (tertiary/aromatic N) is 4. The maximum absolute atomic E-state index is 6.25. The van der Waals surface area contributed by atoms with Crippen molar-refractivity contribution in [1.29, 1.82) is 0 Å². The standard InChI is InChI=1S/C21H22N6O2S2/c1-13-4-7-15(8-5-13)23-20-24-16(11-30-20)12-31-21-26-25-19(27(21)22)14-6-9-17(28-2)18(10-14)29-3/h4-11H,12,22H2,1-3H3,(H,23,24). The van der Waals surface area contributed by atoms with Crippen LogP contribution in [0.1, 0.15) is 11.3 Å². The lowest BCUT2D eigenvalue weighted by Gasteiger charge is -2.09. The van der Waals surface area contributed by atoms with Crippen LogP contribution in [0.15, 0.2) is 53.0 Å². The SMILES string of the molecule is COc1ccc(-c2nnc(SCc3csc(Nc4ccc(C)cc4)n3)n2N)cc1OC. The zero-order valence-electron chi connectivity index (χ0n) is 17.3. The van der Waals surface area contributed by atoms with Gasteiger partial charge in [0, 0.05) is 22.4 Å². The van der Waals surface area contributed by atoms with E-state index in [0.717, 1.165) is 22.1 Å². The Bertz CT molecular complexity index is 1170. The van der Waals surface area contributed by atoms with Gasteiger partial charge < -0.3 is 20.6 Å². The predicted octanol–water partition coefficient (Wildman–Crippen LogP) is 4.48. The maximum atomic E-state index is 6.25. The molecule has 0 radical (unpaired) electrons. The second-order valence-electron chi connectivity index (χ2n) is 6.67. The molecule has 160 valence electrons. The summed E-state index contributed by atoms with van der Waals surface area (Å²) in [6.45, 7) is 2.06. The first-order valence-corrected chi connectivity index (χ1v) is 11.3. The fourth-order valence-corrected chi connectivity index (χ4v) is 4.46. The van der Waals surface area contributed by atoms with Gasteiger partial charge in [-0.1, -0.05) is 29.5 Å². The van der Waals surface area contributed by atoms with Gasteiger partial charge in [0.2, 0.25) is 5.16 Å². The van der Waals surface area contributed by atoms with E-state index in [0.29, 0.717) is 28.2 Å². The number of nitrogens with two attached hydrogens (primary N) is 1. The maximum Gasteiger partial charge on any atom is 0.210 e. The highest BCUT2D eigenvalue weighted by molar-refractivity contribution is 7.98. The van der Waals surface area contributed by atoms with E-state index >= 15 is 0 Å². The third-order valence-electron chi connectivity index (χ3n) is 4.51. The molecule has 0 saturated heterocycles. The second-order valence-corrected chi connectivity index (χ2v) is 8.47. The molecule has 8 nitrogen and oxygen atoms in total. The van der Waals surface area contributed by atoms with Crippen LogP contribution < -0.4 is 20.6 Å². The van der Waals surface area contributed by atoms with Gasteiger partial charge in [0.15, 0.2) is 22.5 Å². The molecule has 0 fully saturated rings. The highest BCUT2D eigenvalue weighted by Gasteiger charge is 2.15. The first-order chi connectivity index (χ1) is 15.1. The largest absolute Gasteiger partial charge is 0.493 e. The molecule has 31 heavy (non-hydrogen) atoms. The molecule has 0 bridgehead atoms. The van der Waals surface area contributed by atoms with Crippen molar-refractivity contribution in [3.05, 3.63) is 59.1 Å². The molecule has 0 saturated carbocycles. The van der Waals surface area contributed by atoms with E-state index in [1.54, 1.807) is 25.6 Å². The number of rotatable bonds is 8. The molecule has 0 spiro atoms. The van der Waals surface area contributed by atoms with Crippen LogP contribution in [0, 0.1) is 6.92 Å². The molecule has 2 aromatic carbocycles. The Morgan fingerprint density at radius 3 is 2.58 bits per heavy atom. The summed E-state index contributed by atoms with van der Waals surface area (Å²) in [6, 6.07) is 13.7. The van der Waals surface area contributed by atoms with Crippen LogP contribution in [0.5, 0.6) is 11.5 Å². The lowest BCUT2D eigenvalue weighted by atomic mass is 10.2. The summed E-state index contributed by atoms with van der Waals surface area (Å²) in [5.41, 5.74) is 3.97. The van der Waals surface area contributed by atoms with Crippen LogP contribution in [-0.2, 0) is 5.75 Å². The number of nitrogens with one attached hydrogen (secondary N) is 1. The monoisotopic (exact) mass is 454 g/mol. The Kier molecular flexibility index (Phi) is 6.28. The number of nitrogen functional groups attached to an aromatic ring is 1. The summed E-state index contributed by atoms with van der Waals surface area (Å²) in [4.78, 5) is 4.64. The average molecular weight is 455 g/mol. The lowest BCUT2D eigenvalue weighted by molar-refractivity contribution is 0.355. The van der Waals surface area contributed by atoms with Crippen molar-refractivity contribution >= 4 is 33.9 Å². The van der Waals surface area contributed by atoms with Crippen molar-refractivity contribution in [2.45, 2.75) is 17.8 Å². The molecule has 2 heterocycles. The van der Waals surface area contributed by atoms with E-state index in [2.05, 4.69) is 39.6 Å². The van der Waals surface area contributed by atoms with Gasteiger partial charge in [0.05, 0.1) is 19.9 Å². The van der Waals surface area contributed by atoms with Gasteiger partial charge in [-0.2, -0.15) is 0 Å². The van der Waals surface area contributed by atoms with Crippen molar-refractivity contribution in [2.24, 2.45) is 0 Å². The highest BCUT2D eigenvalue weighted by Crippen LogP contribution is 2.32. The molecular weight excluding hydrogens is 432 g/mol. The lowest BCUT2D eigenvalue weighted by Crippen LogP contribution is -2.11. The van der Waals surface area contributed by atoms with E-state index in [4.69, 9.17) is 15.3 Å². The third-order valence-corrected chi connectivity index (χ3v) is 6.29.